The van der Waals surface area contributed by atoms with Crippen LogP contribution in [0.2, 0.25) is 0 Å². The normalized spacial score (nSPS) is 11.3. The molecule has 0 radical (unpaired) electrons. The molecule has 0 aliphatic heterocycles. The largest absolute Gasteiger partial charge is 0.399 e. The van der Waals surface area contributed by atoms with Gasteiger partial charge in [0.2, 0.25) is 0 Å². The molecule has 0 heterocycles. The minimum Gasteiger partial charge on any atom is -0.399 e. The lowest BCUT2D eigenvalue weighted by molar-refractivity contribution is 0.452. The summed E-state index contributed by atoms with van der Waals surface area (Å²) >= 11 is 0. The quantitative estimate of drug-likeness (QED) is 0.623. The molecule has 2 aromatic carbocycles. The number of anilines is 1. The Hall–Kier alpha value is -1.97. The molecule has 0 aliphatic carbocycles. The maximum absolute atomic E-state index is 13.9. The second kappa shape index (κ2) is 4.61. The highest BCUT2D eigenvalue weighted by Gasteiger charge is 2.21. The van der Waals surface area contributed by atoms with Crippen LogP contribution in [0, 0.1) is 17.5 Å². The molecule has 0 amide bonds. The van der Waals surface area contributed by atoms with Crippen molar-refractivity contribution in [1.82, 2.24) is 0 Å². The molecule has 0 unspecified atom stereocenters. The second-order valence-electron chi connectivity index (χ2n) is 4.75. The van der Waals surface area contributed by atoms with E-state index >= 15 is 0 Å². The monoisotopic (exact) mass is 265 g/mol. The minimum absolute atomic E-state index is 0.00559. The van der Waals surface area contributed by atoms with Crippen LogP contribution in [-0.2, 0) is 0 Å². The number of hydrogen-bond donors (Lipinski definition) is 1. The number of nitrogens with two attached hydrogens (primary N) is 1. The highest BCUT2D eigenvalue weighted by molar-refractivity contribution is 5.96. The van der Waals surface area contributed by atoms with Crippen LogP contribution < -0.4 is 5.73 Å². The lowest BCUT2D eigenvalue weighted by Crippen LogP contribution is -2.02. The van der Waals surface area contributed by atoms with Crippen LogP contribution in [0.4, 0.5) is 18.9 Å². The van der Waals surface area contributed by atoms with Gasteiger partial charge in [-0.1, -0.05) is 26.5 Å². The van der Waals surface area contributed by atoms with Gasteiger partial charge in [-0.05, 0) is 29.0 Å². The predicted molar refractivity (Wildman–Crippen MR) is 72.4 cm³/mol. The van der Waals surface area contributed by atoms with Crippen molar-refractivity contribution in [2.24, 2.45) is 0 Å². The van der Waals surface area contributed by atoms with Crippen LogP contribution in [0.25, 0.3) is 16.8 Å². The number of benzene rings is 2. The Labute approximate surface area is 109 Å². The van der Waals surface area contributed by atoms with E-state index in [0.717, 1.165) is 0 Å². The molecule has 0 saturated heterocycles. The Bertz CT molecular complexity index is 675. The van der Waals surface area contributed by atoms with Crippen molar-refractivity contribution < 1.29 is 13.2 Å². The summed E-state index contributed by atoms with van der Waals surface area (Å²) in [6.07, 6.45) is 1.20. The molecule has 1 nitrogen and oxygen atoms in total. The van der Waals surface area contributed by atoms with E-state index in [1.54, 1.807) is 6.07 Å². The van der Waals surface area contributed by atoms with Gasteiger partial charge in [0.25, 0.3) is 0 Å². The van der Waals surface area contributed by atoms with Crippen LogP contribution >= 0.6 is 0 Å². The first-order chi connectivity index (χ1) is 8.88. The second-order valence-corrected chi connectivity index (χ2v) is 4.75. The molecule has 4 heteroatoms. The van der Waals surface area contributed by atoms with Gasteiger partial charge in [-0.15, -0.1) is 0 Å². The zero-order chi connectivity index (χ0) is 14.3. The summed E-state index contributed by atoms with van der Waals surface area (Å²) in [5.41, 5.74) is 6.66. The summed E-state index contributed by atoms with van der Waals surface area (Å²) in [6.45, 7) is 7.23. The van der Waals surface area contributed by atoms with Crippen LogP contribution in [0.3, 0.4) is 0 Å². The van der Waals surface area contributed by atoms with Gasteiger partial charge < -0.3 is 5.73 Å². The fourth-order valence-corrected chi connectivity index (χ4v) is 2.25. The Morgan fingerprint density at radius 2 is 1.74 bits per heavy atom. The molecular weight excluding hydrogens is 251 g/mol. The Balaban J connectivity index is 3.11. The van der Waals surface area contributed by atoms with E-state index in [4.69, 9.17) is 5.73 Å². The Morgan fingerprint density at radius 1 is 1.11 bits per heavy atom. The van der Waals surface area contributed by atoms with Gasteiger partial charge in [-0.25, -0.2) is 13.2 Å². The lowest BCUT2D eigenvalue weighted by Gasteiger charge is -2.15. The molecule has 2 aromatic rings. The Morgan fingerprint density at radius 3 is 2.26 bits per heavy atom. The third-order valence-electron chi connectivity index (χ3n) is 3.15. The predicted octanol–water partition coefficient (Wildman–Crippen LogP) is 4.61. The third kappa shape index (κ3) is 1.97. The number of halogens is 3. The van der Waals surface area contributed by atoms with Gasteiger partial charge in [0.05, 0.1) is 0 Å². The highest BCUT2D eigenvalue weighted by Crippen LogP contribution is 2.35. The van der Waals surface area contributed by atoms with Gasteiger partial charge in [0.15, 0.2) is 17.5 Å². The Kier molecular flexibility index (Phi) is 3.27. The van der Waals surface area contributed by atoms with E-state index in [2.05, 4.69) is 6.58 Å². The maximum Gasteiger partial charge on any atom is 0.195 e. The van der Waals surface area contributed by atoms with Crippen LogP contribution in [0.15, 0.2) is 18.7 Å². The van der Waals surface area contributed by atoms with Crippen molar-refractivity contribution in [2.75, 3.05) is 5.73 Å². The number of fused-ring (bicyclic) bond motifs is 1. The van der Waals surface area contributed by atoms with Crippen molar-refractivity contribution in [1.29, 1.82) is 0 Å². The summed E-state index contributed by atoms with van der Waals surface area (Å²) < 4.78 is 41.2. The number of nitrogen functional groups attached to an aromatic ring is 1. The van der Waals surface area contributed by atoms with E-state index in [1.165, 1.54) is 12.1 Å². The van der Waals surface area contributed by atoms with Crippen LogP contribution in [0.5, 0.6) is 0 Å². The molecule has 100 valence electrons. The first-order valence-corrected chi connectivity index (χ1v) is 5.90. The van der Waals surface area contributed by atoms with Gasteiger partial charge >= 0.3 is 0 Å². The van der Waals surface area contributed by atoms with Gasteiger partial charge in [0, 0.05) is 16.6 Å². The molecule has 0 saturated carbocycles. The minimum atomic E-state index is -1.50. The average Bonchev–Trinajstić information content (AvgIpc) is 2.36. The third-order valence-corrected chi connectivity index (χ3v) is 3.15. The van der Waals surface area contributed by atoms with Crippen LogP contribution in [0.1, 0.15) is 30.9 Å². The van der Waals surface area contributed by atoms with Gasteiger partial charge in [0.1, 0.15) is 0 Å². The molecule has 0 aromatic heterocycles. The first kappa shape index (κ1) is 13.5. The molecule has 0 spiro atoms. The van der Waals surface area contributed by atoms with Gasteiger partial charge in [-0.3, -0.25) is 0 Å². The summed E-state index contributed by atoms with van der Waals surface area (Å²) in [6, 6.07) is 2.96. The van der Waals surface area contributed by atoms with Crippen molar-refractivity contribution in [3.05, 3.63) is 47.3 Å². The SMILES string of the molecule is C=Cc1c(F)c(F)c(F)c2cc(N)cc(C(C)C)c12. The zero-order valence-electron chi connectivity index (χ0n) is 10.7. The standard InChI is InChI=1S/C15H14F3N/c1-4-9-12-10(7(2)3)5-8(19)6-11(12)14(17)15(18)13(9)16/h4-7H,1,19H2,2-3H3. The molecule has 0 aliphatic rings. The topological polar surface area (TPSA) is 26.0 Å². The number of hydrogen-bond acceptors (Lipinski definition) is 1. The van der Waals surface area contributed by atoms with Gasteiger partial charge in [-0.2, -0.15) is 0 Å². The summed E-state index contributed by atoms with van der Waals surface area (Å²) in [5.74, 6) is -3.93. The highest BCUT2D eigenvalue weighted by atomic mass is 19.2. The molecule has 19 heavy (non-hydrogen) atoms. The van der Waals surface area contributed by atoms with Crippen molar-refractivity contribution in [2.45, 2.75) is 19.8 Å². The maximum atomic E-state index is 13.9. The average molecular weight is 265 g/mol. The summed E-state index contributed by atoms with van der Waals surface area (Å²) in [5, 5.41) is 0.313. The van der Waals surface area contributed by atoms with Crippen molar-refractivity contribution >= 4 is 22.5 Å². The summed E-state index contributed by atoms with van der Waals surface area (Å²) in [7, 11) is 0. The number of rotatable bonds is 2. The zero-order valence-corrected chi connectivity index (χ0v) is 10.7. The van der Waals surface area contributed by atoms with E-state index in [9.17, 15) is 13.2 Å². The molecule has 0 fully saturated rings. The first-order valence-electron chi connectivity index (χ1n) is 5.90. The molecule has 0 bridgehead atoms. The smallest absolute Gasteiger partial charge is 0.195 e. The molecule has 2 rings (SSSR count). The molecular formula is C15H14F3N. The van der Waals surface area contributed by atoms with E-state index in [0.29, 0.717) is 16.6 Å². The molecule has 0 atom stereocenters. The fourth-order valence-electron chi connectivity index (χ4n) is 2.25. The summed E-state index contributed by atoms with van der Waals surface area (Å²) in [4.78, 5) is 0. The van der Waals surface area contributed by atoms with E-state index in [-0.39, 0.29) is 16.9 Å². The fraction of sp³-hybridized carbons (Fsp3) is 0.200. The van der Waals surface area contributed by atoms with Crippen molar-refractivity contribution in [3.8, 4) is 0 Å². The lowest BCUT2D eigenvalue weighted by atomic mass is 9.91. The van der Waals surface area contributed by atoms with Crippen molar-refractivity contribution in [3.63, 3.8) is 0 Å². The van der Waals surface area contributed by atoms with E-state index < -0.39 is 17.5 Å². The molecule has 2 N–H and O–H groups in total. The van der Waals surface area contributed by atoms with E-state index in [1.807, 2.05) is 13.8 Å². The van der Waals surface area contributed by atoms with Crippen LogP contribution in [-0.4, -0.2) is 0 Å².